The molecule has 0 saturated heterocycles. The van der Waals surface area contributed by atoms with Crippen LogP contribution in [0.2, 0.25) is 0 Å². The number of aromatic nitrogens is 1. The van der Waals surface area contributed by atoms with Crippen molar-refractivity contribution >= 4 is 40.8 Å². The van der Waals surface area contributed by atoms with Crippen LogP contribution in [0.1, 0.15) is 24.8 Å². The van der Waals surface area contributed by atoms with E-state index in [4.69, 9.17) is 0 Å². The number of hydrogen-bond donors (Lipinski definition) is 3. The molecule has 4 nitrogen and oxygen atoms in total. The third-order valence-corrected chi connectivity index (χ3v) is 4.18. The largest absolute Gasteiger partial charge is 0.361 e. The van der Waals surface area contributed by atoms with Gasteiger partial charge in [-0.2, -0.15) is 0 Å². The molecule has 0 spiro atoms. The molecule has 1 aromatic heterocycles. The third-order valence-electron chi connectivity index (χ3n) is 4.18. The molecule has 3 N–H and O–H groups in total. The topological polar surface area (TPSA) is 52.2 Å². The van der Waals surface area contributed by atoms with Crippen LogP contribution in [-0.4, -0.2) is 31.1 Å². The number of guanidine groups is 1. The fraction of sp³-hybridized carbons (Fsp3) is 0.471. The van der Waals surface area contributed by atoms with Crippen LogP contribution in [-0.2, 0) is 6.42 Å². The second-order valence-electron chi connectivity index (χ2n) is 5.91. The molecule has 0 bridgehead atoms. The highest BCUT2D eigenvalue weighted by Crippen LogP contribution is 2.31. The van der Waals surface area contributed by atoms with E-state index in [2.05, 4.69) is 20.6 Å². The van der Waals surface area contributed by atoms with E-state index in [9.17, 15) is 4.39 Å². The molecule has 6 heteroatoms. The van der Waals surface area contributed by atoms with Gasteiger partial charge in [0.05, 0.1) is 0 Å². The maximum atomic E-state index is 13.2. The highest BCUT2D eigenvalue weighted by atomic mass is 127. The van der Waals surface area contributed by atoms with Crippen molar-refractivity contribution < 1.29 is 4.39 Å². The number of hydrogen-bond acceptors (Lipinski definition) is 1. The lowest BCUT2D eigenvalue weighted by molar-refractivity contribution is 0.629. The summed E-state index contributed by atoms with van der Waals surface area (Å²) in [4.78, 5) is 7.36. The van der Waals surface area contributed by atoms with Gasteiger partial charge in [0.2, 0.25) is 0 Å². The quantitative estimate of drug-likeness (QED) is 0.374. The molecule has 1 saturated carbocycles. The molecule has 0 unspecified atom stereocenters. The molecule has 3 rings (SSSR count). The summed E-state index contributed by atoms with van der Waals surface area (Å²) in [5, 5.41) is 7.76. The van der Waals surface area contributed by atoms with Gasteiger partial charge in [0, 0.05) is 37.2 Å². The summed E-state index contributed by atoms with van der Waals surface area (Å²) in [7, 11) is 1.79. The van der Waals surface area contributed by atoms with Crippen molar-refractivity contribution in [2.45, 2.75) is 25.7 Å². The molecular formula is C17H24FIN4. The van der Waals surface area contributed by atoms with E-state index in [1.165, 1.54) is 37.0 Å². The predicted octanol–water partition coefficient (Wildman–Crippen LogP) is 3.43. The monoisotopic (exact) mass is 430 g/mol. The normalized spacial score (nSPS) is 14.6. The molecule has 23 heavy (non-hydrogen) atoms. The van der Waals surface area contributed by atoms with Crippen molar-refractivity contribution in [2.24, 2.45) is 10.9 Å². The maximum absolute atomic E-state index is 13.2. The van der Waals surface area contributed by atoms with Crippen LogP contribution >= 0.6 is 24.0 Å². The van der Waals surface area contributed by atoms with Gasteiger partial charge in [-0.05, 0) is 42.5 Å². The fourth-order valence-corrected chi connectivity index (χ4v) is 2.70. The van der Waals surface area contributed by atoms with Gasteiger partial charge in [-0.15, -0.1) is 24.0 Å². The first-order valence-electron chi connectivity index (χ1n) is 7.96. The zero-order chi connectivity index (χ0) is 15.4. The molecule has 1 aliphatic rings. The number of aliphatic imine (C=N–C) groups is 1. The zero-order valence-electron chi connectivity index (χ0n) is 13.4. The average Bonchev–Trinajstić information content (AvgIpc) is 3.26. The number of nitrogens with zero attached hydrogens (tertiary/aromatic N) is 1. The van der Waals surface area contributed by atoms with Crippen LogP contribution in [0.25, 0.3) is 10.9 Å². The summed E-state index contributed by atoms with van der Waals surface area (Å²) in [6.45, 7) is 1.78. The molecular weight excluding hydrogens is 406 g/mol. The number of halogens is 2. The number of fused-ring (bicyclic) bond motifs is 1. The van der Waals surface area contributed by atoms with Crippen molar-refractivity contribution in [3.8, 4) is 0 Å². The van der Waals surface area contributed by atoms with Gasteiger partial charge < -0.3 is 15.6 Å². The van der Waals surface area contributed by atoms with Gasteiger partial charge >= 0.3 is 0 Å². The lowest BCUT2D eigenvalue weighted by Crippen LogP contribution is -2.38. The fourth-order valence-electron chi connectivity index (χ4n) is 2.70. The second-order valence-corrected chi connectivity index (χ2v) is 5.91. The van der Waals surface area contributed by atoms with E-state index in [1.807, 2.05) is 12.3 Å². The minimum Gasteiger partial charge on any atom is -0.361 e. The summed E-state index contributed by atoms with van der Waals surface area (Å²) >= 11 is 0. The van der Waals surface area contributed by atoms with Crippen LogP contribution < -0.4 is 10.6 Å². The molecule has 0 atom stereocenters. The minimum absolute atomic E-state index is 0. The number of nitrogens with one attached hydrogen (secondary N) is 3. The molecule has 0 amide bonds. The SMILES string of the molecule is CN=C(NCCc1c[nH]c2cc(F)ccc12)NCCC1CC1.I. The maximum Gasteiger partial charge on any atom is 0.190 e. The van der Waals surface area contributed by atoms with Gasteiger partial charge in [0.25, 0.3) is 0 Å². The van der Waals surface area contributed by atoms with Crippen LogP contribution in [0.3, 0.4) is 0 Å². The molecule has 2 aromatic rings. The first-order chi connectivity index (χ1) is 10.8. The standard InChI is InChI=1S/C17H23FN4.HI/c1-19-17(20-8-6-12-2-3-12)21-9-7-13-11-22-16-10-14(18)4-5-15(13)16;/h4-5,10-12,22H,2-3,6-9H2,1H3,(H2,19,20,21);1H. The van der Waals surface area contributed by atoms with Crippen molar-refractivity contribution in [3.05, 3.63) is 35.8 Å². The first-order valence-corrected chi connectivity index (χ1v) is 7.96. The molecule has 0 aliphatic heterocycles. The third kappa shape index (κ3) is 5.09. The van der Waals surface area contributed by atoms with Gasteiger partial charge in [0.1, 0.15) is 5.82 Å². The van der Waals surface area contributed by atoms with E-state index in [0.717, 1.165) is 42.3 Å². The van der Waals surface area contributed by atoms with E-state index in [-0.39, 0.29) is 29.8 Å². The predicted molar refractivity (Wildman–Crippen MR) is 104 cm³/mol. The van der Waals surface area contributed by atoms with Gasteiger partial charge in [-0.25, -0.2) is 4.39 Å². The van der Waals surface area contributed by atoms with Crippen LogP contribution in [0.15, 0.2) is 29.4 Å². The van der Waals surface area contributed by atoms with Crippen molar-refractivity contribution in [1.29, 1.82) is 0 Å². The molecule has 1 heterocycles. The van der Waals surface area contributed by atoms with Crippen LogP contribution in [0.4, 0.5) is 4.39 Å². The van der Waals surface area contributed by atoms with Gasteiger partial charge in [-0.1, -0.05) is 12.8 Å². The Morgan fingerprint density at radius 2 is 2.09 bits per heavy atom. The Hall–Kier alpha value is -1.31. The Bertz CT molecular complexity index is 664. The lowest BCUT2D eigenvalue weighted by atomic mass is 10.1. The Morgan fingerprint density at radius 1 is 1.30 bits per heavy atom. The Kier molecular flexibility index (Phi) is 6.68. The van der Waals surface area contributed by atoms with Crippen molar-refractivity contribution in [2.75, 3.05) is 20.1 Å². The van der Waals surface area contributed by atoms with Crippen LogP contribution in [0, 0.1) is 11.7 Å². The van der Waals surface area contributed by atoms with Crippen molar-refractivity contribution in [3.63, 3.8) is 0 Å². The van der Waals surface area contributed by atoms with E-state index >= 15 is 0 Å². The smallest absolute Gasteiger partial charge is 0.190 e. The summed E-state index contributed by atoms with van der Waals surface area (Å²) in [6.07, 6.45) is 6.82. The van der Waals surface area contributed by atoms with E-state index in [1.54, 1.807) is 7.05 Å². The molecule has 1 aromatic carbocycles. The van der Waals surface area contributed by atoms with Crippen LogP contribution in [0.5, 0.6) is 0 Å². The summed E-state index contributed by atoms with van der Waals surface area (Å²) in [5.41, 5.74) is 2.04. The summed E-state index contributed by atoms with van der Waals surface area (Å²) in [5.74, 6) is 1.57. The number of rotatable bonds is 6. The molecule has 1 aliphatic carbocycles. The highest BCUT2D eigenvalue weighted by molar-refractivity contribution is 14.0. The van der Waals surface area contributed by atoms with E-state index in [0.29, 0.717) is 0 Å². The van der Waals surface area contributed by atoms with E-state index < -0.39 is 0 Å². The molecule has 126 valence electrons. The zero-order valence-corrected chi connectivity index (χ0v) is 15.7. The van der Waals surface area contributed by atoms with Gasteiger partial charge in [0.15, 0.2) is 5.96 Å². The lowest BCUT2D eigenvalue weighted by Gasteiger charge is -2.11. The minimum atomic E-state index is -0.209. The number of H-pyrrole nitrogens is 1. The molecule has 1 fully saturated rings. The Balaban J connectivity index is 0.00000192. The summed E-state index contributed by atoms with van der Waals surface area (Å²) < 4.78 is 13.2. The molecule has 0 radical (unpaired) electrons. The summed E-state index contributed by atoms with van der Waals surface area (Å²) in [6, 6.07) is 4.87. The number of benzene rings is 1. The Labute approximate surface area is 153 Å². The second kappa shape index (κ2) is 8.52. The van der Waals surface area contributed by atoms with Crippen molar-refractivity contribution in [1.82, 2.24) is 15.6 Å². The van der Waals surface area contributed by atoms with Gasteiger partial charge in [-0.3, -0.25) is 4.99 Å². The first kappa shape index (κ1) is 18.0. The number of aromatic amines is 1. The average molecular weight is 430 g/mol. The Morgan fingerprint density at radius 3 is 2.83 bits per heavy atom. The highest BCUT2D eigenvalue weighted by Gasteiger charge is 2.20.